The second-order valence-corrected chi connectivity index (χ2v) is 7.29. The van der Waals surface area contributed by atoms with Crippen LogP contribution in [0.25, 0.3) is 10.9 Å². The fourth-order valence-electron chi connectivity index (χ4n) is 3.63. The Morgan fingerprint density at radius 3 is 2.89 bits per heavy atom. The minimum atomic E-state index is -0.196. The van der Waals surface area contributed by atoms with Gasteiger partial charge in [0.15, 0.2) is 0 Å². The number of nitrogens with one attached hydrogen (secondary N) is 1. The monoisotopic (exact) mass is 369 g/mol. The van der Waals surface area contributed by atoms with Crippen molar-refractivity contribution in [3.8, 4) is 0 Å². The summed E-state index contributed by atoms with van der Waals surface area (Å²) in [6.45, 7) is 5.52. The Balaban J connectivity index is 1.79. The lowest BCUT2D eigenvalue weighted by atomic mass is 9.95. The average Bonchev–Trinajstić information content (AvgIpc) is 2.66. The first-order valence-electron chi connectivity index (χ1n) is 9.55. The molecule has 1 aromatic heterocycles. The van der Waals surface area contributed by atoms with E-state index in [2.05, 4.69) is 10.3 Å². The Morgan fingerprint density at radius 1 is 1.30 bits per heavy atom. The van der Waals surface area contributed by atoms with Crippen LogP contribution in [0.1, 0.15) is 40.9 Å². The molecule has 0 spiro atoms. The molecule has 1 aliphatic heterocycles. The molecule has 2 heterocycles. The van der Waals surface area contributed by atoms with Crippen molar-refractivity contribution in [1.29, 1.82) is 0 Å². The third-order valence-electron chi connectivity index (χ3n) is 5.04. The van der Waals surface area contributed by atoms with Crippen LogP contribution in [0, 0.1) is 19.8 Å². The maximum absolute atomic E-state index is 13.2. The normalized spacial score (nSPS) is 17.1. The largest absolute Gasteiger partial charge is 0.396 e. The average molecular weight is 369 g/mol. The molecule has 0 radical (unpaired) electrons. The van der Waals surface area contributed by atoms with Crippen molar-refractivity contribution >= 4 is 22.7 Å². The number of benzene rings is 1. The summed E-state index contributed by atoms with van der Waals surface area (Å²) in [5, 5.41) is 12.6. The summed E-state index contributed by atoms with van der Waals surface area (Å²) in [6.07, 6.45) is 2.14. The zero-order chi connectivity index (χ0) is 19.4. The predicted octanol–water partition coefficient (Wildman–Crippen LogP) is 2.20. The van der Waals surface area contributed by atoms with Crippen LogP contribution < -0.4 is 5.32 Å². The number of carbonyl (C=O) groups is 2. The smallest absolute Gasteiger partial charge is 0.254 e. The number of rotatable bonds is 5. The maximum Gasteiger partial charge on any atom is 0.254 e. The molecule has 0 unspecified atom stereocenters. The van der Waals surface area contributed by atoms with Crippen LogP contribution in [0.15, 0.2) is 24.3 Å². The first-order valence-corrected chi connectivity index (χ1v) is 9.55. The van der Waals surface area contributed by atoms with E-state index >= 15 is 0 Å². The number of pyridine rings is 1. The molecule has 2 N–H and O–H groups in total. The molecular formula is C21H27N3O3. The van der Waals surface area contributed by atoms with Crippen molar-refractivity contribution in [1.82, 2.24) is 15.2 Å². The van der Waals surface area contributed by atoms with Gasteiger partial charge in [-0.2, -0.15) is 0 Å². The minimum Gasteiger partial charge on any atom is -0.396 e. The first-order chi connectivity index (χ1) is 13.0. The highest BCUT2D eigenvalue weighted by Gasteiger charge is 2.29. The Hall–Kier alpha value is -2.47. The highest BCUT2D eigenvalue weighted by Crippen LogP contribution is 2.24. The summed E-state index contributed by atoms with van der Waals surface area (Å²) in [6, 6.07) is 7.77. The van der Waals surface area contributed by atoms with E-state index in [0.717, 1.165) is 35.0 Å². The Bertz CT molecular complexity index is 845. The number of aromatic nitrogens is 1. The van der Waals surface area contributed by atoms with Gasteiger partial charge >= 0.3 is 0 Å². The number of aryl methyl sites for hydroxylation is 2. The Kier molecular flexibility index (Phi) is 6.06. The number of piperidine rings is 1. The molecule has 6 nitrogen and oxygen atoms in total. The van der Waals surface area contributed by atoms with Gasteiger partial charge in [0.1, 0.15) is 0 Å². The zero-order valence-corrected chi connectivity index (χ0v) is 16.0. The summed E-state index contributed by atoms with van der Waals surface area (Å²) in [4.78, 5) is 31.9. The SMILES string of the molecule is Cc1ccc2c(C(=O)N3CCC[C@@H](C(=O)NCCCO)C3)cc(C)nc2c1. The topological polar surface area (TPSA) is 82.5 Å². The van der Waals surface area contributed by atoms with E-state index in [9.17, 15) is 9.59 Å². The number of aliphatic hydroxyl groups is 1. The van der Waals surface area contributed by atoms with E-state index in [1.807, 2.05) is 38.1 Å². The van der Waals surface area contributed by atoms with Crippen LogP contribution in [0.5, 0.6) is 0 Å². The molecular weight excluding hydrogens is 342 g/mol. The van der Waals surface area contributed by atoms with Crippen LogP contribution in [-0.4, -0.2) is 53.0 Å². The van der Waals surface area contributed by atoms with Gasteiger partial charge in [-0.25, -0.2) is 0 Å². The van der Waals surface area contributed by atoms with Crippen LogP contribution in [0.2, 0.25) is 0 Å². The molecule has 1 saturated heterocycles. The molecule has 0 aliphatic carbocycles. The summed E-state index contributed by atoms with van der Waals surface area (Å²) < 4.78 is 0. The summed E-state index contributed by atoms with van der Waals surface area (Å²) in [5.74, 6) is -0.271. The molecule has 1 fully saturated rings. The van der Waals surface area contributed by atoms with E-state index in [1.165, 1.54) is 0 Å². The fourth-order valence-corrected chi connectivity index (χ4v) is 3.63. The van der Waals surface area contributed by atoms with Gasteiger partial charge in [0.2, 0.25) is 5.91 Å². The van der Waals surface area contributed by atoms with Gasteiger partial charge in [-0.3, -0.25) is 14.6 Å². The van der Waals surface area contributed by atoms with Gasteiger partial charge in [-0.05, 0) is 50.8 Å². The second kappa shape index (κ2) is 8.48. The third-order valence-corrected chi connectivity index (χ3v) is 5.04. The fraction of sp³-hybridized carbons (Fsp3) is 0.476. The van der Waals surface area contributed by atoms with E-state index in [-0.39, 0.29) is 24.3 Å². The Labute approximate surface area is 159 Å². The number of nitrogens with zero attached hydrogens (tertiary/aromatic N) is 2. The van der Waals surface area contributed by atoms with Crippen LogP contribution in [0.3, 0.4) is 0 Å². The number of hydrogen-bond donors (Lipinski definition) is 2. The quantitative estimate of drug-likeness (QED) is 0.792. The van der Waals surface area contributed by atoms with Gasteiger partial charge < -0.3 is 15.3 Å². The number of hydrogen-bond acceptors (Lipinski definition) is 4. The van der Waals surface area contributed by atoms with Gasteiger partial charge in [0.25, 0.3) is 5.91 Å². The standard InChI is InChI=1S/C21H27N3O3/c1-14-6-7-17-18(12-15(2)23-19(17)11-14)21(27)24-9-3-5-16(13-24)20(26)22-8-4-10-25/h6-7,11-12,16,25H,3-5,8-10,13H2,1-2H3,(H,22,26)/t16-/m1/s1. The molecule has 2 aromatic rings. The lowest BCUT2D eigenvalue weighted by Crippen LogP contribution is -2.45. The molecule has 0 saturated carbocycles. The number of likely N-dealkylation sites (tertiary alicyclic amines) is 1. The number of aliphatic hydroxyl groups excluding tert-OH is 1. The van der Waals surface area contributed by atoms with Crippen LogP contribution in [-0.2, 0) is 4.79 Å². The number of amides is 2. The van der Waals surface area contributed by atoms with Crippen molar-refractivity contribution in [2.75, 3.05) is 26.2 Å². The van der Waals surface area contributed by atoms with E-state index in [0.29, 0.717) is 31.6 Å². The highest BCUT2D eigenvalue weighted by atomic mass is 16.3. The molecule has 144 valence electrons. The molecule has 1 atom stereocenters. The summed E-state index contributed by atoms with van der Waals surface area (Å²) >= 11 is 0. The summed E-state index contributed by atoms with van der Waals surface area (Å²) in [7, 11) is 0. The molecule has 2 amide bonds. The molecule has 1 aliphatic rings. The molecule has 1 aromatic carbocycles. The van der Waals surface area contributed by atoms with Crippen molar-refractivity contribution < 1.29 is 14.7 Å². The third kappa shape index (κ3) is 4.45. The van der Waals surface area contributed by atoms with Gasteiger partial charge in [0.05, 0.1) is 17.0 Å². The van der Waals surface area contributed by atoms with Gasteiger partial charge in [-0.15, -0.1) is 0 Å². The molecule has 27 heavy (non-hydrogen) atoms. The maximum atomic E-state index is 13.2. The number of carbonyl (C=O) groups excluding carboxylic acids is 2. The molecule has 6 heteroatoms. The van der Waals surface area contributed by atoms with Crippen molar-refractivity contribution in [2.45, 2.75) is 33.1 Å². The molecule has 3 rings (SSSR count). The van der Waals surface area contributed by atoms with Crippen molar-refractivity contribution in [2.24, 2.45) is 5.92 Å². The lowest BCUT2D eigenvalue weighted by molar-refractivity contribution is -0.126. The number of fused-ring (bicyclic) bond motifs is 1. The molecule has 0 bridgehead atoms. The first kappa shape index (κ1) is 19.3. The van der Waals surface area contributed by atoms with E-state index < -0.39 is 0 Å². The van der Waals surface area contributed by atoms with Gasteiger partial charge in [0, 0.05) is 37.3 Å². The highest BCUT2D eigenvalue weighted by molar-refractivity contribution is 6.06. The second-order valence-electron chi connectivity index (χ2n) is 7.29. The van der Waals surface area contributed by atoms with Crippen LogP contribution in [0.4, 0.5) is 0 Å². The predicted molar refractivity (Wildman–Crippen MR) is 105 cm³/mol. The summed E-state index contributed by atoms with van der Waals surface area (Å²) in [5.41, 5.74) is 3.40. The lowest BCUT2D eigenvalue weighted by Gasteiger charge is -2.32. The van der Waals surface area contributed by atoms with Gasteiger partial charge in [-0.1, -0.05) is 12.1 Å². The van der Waals surface area contributed by atoms with E-state index in [4.69, 9.17) is 5.11 Å². The van der Waals surface area contributed by atoms with E-state index in [1.54, 1.807) is 4.90 Å². The Morgan fingerprint density at radius 2 is 2.11 bits per heavy atom. The zero-order valence-electron chi connectivity index (χ0n) is 16.0. The van der Waals surface area contributed by atoms with Crippen LogP contribution >= 0.6 is 0 Å². The van der Waals surface area contributed by atoms with Crippen molar-refractivity contribution in [3.63, 3.8) is 0 Å². The minimum absolute atomic E-state index is 0.0349. The van der Waals surface area contributed by atoms with Crippen molar-refractivity contribution in [3.05, 3.63) is 41.1 Å².